The van der Waals surface area contributed by atoms with Crippen molar-refractivity contribution < 1.29 is 14.6 Å². The van der Waals surface area contributed by atoms with E-state index in [-0.39, 0.29) is 11.3 Å². The van der Waals surface area contributed by atoms with Crippen LogP contribution in [0.1, 0.15) is 33.1 Å². The average molecular weight is 186 g/mol. The molecule has 1 heterocycles. The predicted molar refractivity (Wildman–Crippen MR) is 49.6 cm³/mol. The normalized spacial score (nSPS) is 23.8. The molecule has 1 saturated heterocycles. The fraction of sp³-hybridized carbons (Fsp3) is 0.900. The second kappa shape index (κ2) is 4.09. The molecule has 3 heteroatoms. The van der Waals surface area contributed by atoms with Crippen molar-refractivity contribution in [3.05, 3.63) is 0 Å². The van der Waals surface area contributed by atoms with Crippen molar-refractivity contribution in [3.63, 3.8) is 0 Å². The van der Waals surface area contributed by atoms with Crippen molar-refractivity contribution in [3.8, 4) is 0 Å². The van der Waals surface area contributed by atoms with E-state index in [1.54, 1.807) is 6.92 Å². The van der Waals surface area contributed by atoms with E-state index < -0.39 is 5.97 Å². The summed E-state index contributed by atoms with van der Waals surface area (Å²) in [5.74, 6) is -0.921. The van der Waals surface area contributed by atoms with Gasteiger partial charge in [-0.1, -0.05) is 13.8 Å². The van der Waals surface area contributed by atoms with E-state index in [4.69, 9.17) is 9.84 Å². The average Bonchev–Trinajstić information content (AvgIpc) is 2.04. The molecule has 1 aliphatic rings. The Balaban J connectivity index is 2.45. The minimum Gasteiger partial charge on any atom is -0.481 e. The van der Waals surface area contributed by atoms with Crippen molar-refractivity contribution >= 4 is 5.97 Å². The van der Waals surface area contributed by atoms with E-state index in [0.29, 0.717) is 0 Å². The highest BCUT2D eigenvalue weighted by Gasteiger charge is 2.30. The van der Waals surface area contributed by atoms with Gasteiger partial charge in [0.05, 0.1) is 5.92 Å². The lowest BCUT2D eigenvalue weighted by molar-refractivity contribution is -0.142. The molecule has 13 heavy (non-hydrogen) atoms. The Kier molecular flexibility index (Phi) is 3.31. The zero-order valence-electron chi connectivity index (χ0n) is 8.38. The van der Waals surface area contributed by atoms with Gasteiger partial charge in [-0.15, -0.1) is 0 Å². The second-order valence-corrected chi connectivity index (χ2v) is 4.37. The molecule has 1 fully saturated rings. The highest BCUT2D eigenvalue weighted by atomic mass is 16.5. The van der Waals surface area contributed by atoms with Crippen molar-refractivity contribution in [1.29, 1.82) is 0 Å². The summed E-state index contributed by atoms with van der Waals surface area (Å²) < 4.78 is 5.26. The van der Waals surface area contributed by atoms with E-state index in [2.05, 4.69) is 6.92 Å². The molecule has 0 spiro atoms. The van der Waals surface area contributed by atoms with Crippen LogP contribution < -0.4 is 0 Å². The first-order valence-electron chi connectivity index (χ1n) is 4.84. The van der Waals surface area contributed by atoms with Crippen LogP contribution in [0.15, 0.2) is 0 Å². The topological polar surface area (TPSA) is 46.5 Å². The maximum Gasteiger partial charge on any atom is 0.306 e. The van der Waals surface area contributed by atoms with Gasteiger partial charge in [0.15, 0.2) is 0 Å². The third-order valence-electron chi connectivity index (χ3n) is 2.92. The number of ether oxygens (including phenoxy) is 1. The van der Waals surface area contributed by atoms with Gasteiger partial charge < -0.3 is 9.84 Å². The van der Waals surface area contributed by atoms with E-state index in [1.165, 1.54) is 0 Å². The summed E-state index contributed by atoms with van der Waals surface area (Å²) in [6.07, 6.45) is 2.75. The first-order chi connectivity index (χ1) is 6.03. The number of aliphatic carboxylic acids is 1. The van der Waals surface area contributed by atoms with Crippen LogP contribution >= 0.6 is 0 Å². The predicted octanol–water partition coefficient (Wildman–Crippen LogP) is 1.91. The summed E-state index contributed by atoms with van der Waals surface area (Å²) in [6, 6.07) is 0. The van der Waals surface area contributed by atoms with Gasteiger partial charge in [0.1, 0.15) is 0 Å². The Hall–Kier alpha value is -0.570. The Morgan fingerprint density at radius 1 is 1.54 bits per heavy atom. The van der Waals surface area contributed by atoms with E-state index >= 15 is 0 Å². The van der Waals surface area contributed by atoms with E-state index in [9.17, 15) is 4.79 Å². The van der Waals surface area contributed by atoms with Crippen molar-refractivity contribution in [2.24, 2.45) is 11.3 Å². The van der Waals surface area contributed by atoms with Crippen LogP contribution in [-0.2, 0) is 9.53 Å². The molecule has 0 aliphatic carbocycles. The molecule has 1 N–H and O–H groups in total. The summed E-state index contributed by atoms with van der Waals surface area (Å²) in [7, 11) is 0. The van der Waals surface area contributed by atoms with Gasteiger partial charge in [0, 0.05) is 13.2 Å². The molecule has 0 aromatic heterocycles. The van der Waals surface area contributed by atoms with Gasteiger partial charge in [-0.3, -0.25) is 4.79 Å². The number of rotatable bonds is 3. The lowest BCUT2D eigenvalue weighted by Crippen LogP contribution is -2.30. The van der Waals surface area contributed by atoms with Crippen LogP contribution in [0.2, 0.25) is 0 Å². The fourth-order valence-electron chi connectivity index (χ4n) is 1.89. The SMILES string of the molecule is CC(CC1(C)CCOCC1)C(=O)O. The first-order valence-corrected chi connectivity index (χ1v) is 4.84. The van der Waals surface area contributed by atoms with Crippen LogP contribution in [0.3, 0.4) is 0 Å². The van der Waals surface area contributed by atoms with Gasteiger partial charge in [0.2, 0.25) is 0 Å². The summed E-state index contributed by atoms with van der Waals surface area (Å²) in [5.41, 5.74) is 0.177. The molecule has 0 aromatic rings. The highest BCUT2D eigenvalue weighted by Crippen LogP contribution is 2.36. The van der Waals surface area contributed by atoms with Gasteiger partial charge in [0.25, 0.3) is 0 Å². The molecule has 0 saturated carbocycles. The van der Waals surface area contributed by atoms with Crippen LogP contribution in [0.5, 0.6) is 0 Å². The molecule has 0 bridgehead atoms. The first kappa shape index (κ1) is 10.5. The minimum absolute atomic E-state index is 0.177. The van der Waals surface area contributed by atoms with Crippen LogP contribution in [0.4, 0.5) is 0 Å². The Morgan fingerprint density at radius 2 is 2.08 bits per heavy atom. The molecule has 1 unspecified atom stereocenters. The smallest absolute Gasteiger partial charge is 0.306 e. The molecule has 0 amide bonds. The highest BCUT2D eigenvalue weighted by molar-refractivity contribution is 5.69. The molecule has 3 nitrogen and oxygen atoms in total. The van der Waals surface area contributed by atoms with Crippen molar-refractivity contribution in [2.45, 2.75) is 33.1 Å². The van der Waals surface area contributed by atoms with Gasteiger partial charge in [-0.25, -0.2) is 0 Å². The lowest BCUT2D eigenvalue weighted by atomic mass is 9.75. The van der Waals surface area contributed by atoms with Gasteiger partial charge in [-0.05, 0) is 24.7 Å². The molecule has 0 aromatic carbocycles. The van der Waals surface area contributed by atoms with Crippen molar-refractivity contribution in [2.75, 3.05) is 13.2 Å². The number of hydrogen-bond donors (Lipinski definition) is 1. The standard InChI is InChI=1S/C10H18O3/c1-8(9(11)12)7-10(2)3-5-13-6-4-10/h8H,3-7H2,1-2H3,(H,11,12). The van der Waals surface area contributed by atoms with E-state index in [0.717, 1.165) is 32.5 Å². The second-order valence-electron chi connectivity index (χ2n) is 4.37. The summed E-state index contributed by atoms with van der Waals surface area (Å²) in [6.45, 7) is 5.50. The maximum absolute atomic E-state index is 10.7. The molecule has 1 rings (SSSR count). The molecular formula is C10H18O3. The molecule has 76 valence electrons. The number of carboxylic acids is 1. The Labute approximate surface area is 79.1 Å². The summed E-state index contributed by atoms with van der Waals surface area (Å²) >= 11 is 0. The van der Waals surface area contributed by atoms with Crippen molar-refractivity contribution in [1.82, 2.24) is 0 Å². The molecule has 1 aliphatic heterocycles. The number of carbonyl (C=O) groups is 1. The number of hydrogen-bond acceptors (Lipinski definition) is 2. The van der Waals surface area contributed by atoms with Crippen LogP contribution in [-0.4, -0.2) is 24.3 Å². The zero-order chi connectivity index (χ0) is 9.90. The van der Waals surface area contributed by atoms with Gasteiger partial charge in [-0.2, -0.15) is 0 Å². The zero-order valence-corrected chi connectivity index (χ0v) is 8.38. The molecule has 0 radical (unpaired) electrons. The van der Waals surface area contributed by atoms with Crippen LogP contribution in [0.25, 0.3) is 0 Å². The number of carboxylic acid groups (broad SMARTS) is 1. The molecule has 1 atom stereocenters. The third-order valence-corrected chi connectivity index (χ3v) is 2.92. The summed E-state index contributed by atoms with van der Waals surface area (Å²) in [5, 5.41) is 8.80. The van der Waals surface area contributed by atoms with E-state index in [1.807, 2.05) is 0 Å². The quantitative estimate of drug-likeness (QED) is 0.732. The van der Waals surface area contributed by atoms with Crippen LogP contribution in [0, 0.1) is 11.3 Å². The fourth-order valence-corrected chi connectivity index (χ4v) is 1.89. The lowest BCUT2D eigenvalue weighted by Gasteiger charge is -2.34. The Bertz CT molecular complexity index is 183. The largest absolute Gasteiger partial charge is 0.481 e. The molecular weight excluding hydrogens is 168 g/mol. The monoisotopic (exact) mass is 186 g/mol. The third kappa shape index (κ3) is 2.99. The maximum atomic E-state index is 10.7. The Morgan fingerprint density at radius 3 is 2.54 bits per heavy atom. The summed E-state index contributed by atoms with van der Waals surface area (Å²) in [4.78, 5) is 10.7. The minimum atomic E-state index is -0.687. The van der Waals surface area contributed by atoms with Gasteiger partial charge >= 0.3 is 5.97 Å².